The van der Waals surface area contributed by atoms with Gasteiger partial charge >= 0.3 is 6.03 Å². The van der Waals surface area contributed by atoms with E-state index in [0.717, 1.165) is 11.1 Å². The van der Waals surface area contributed by atoms with Crippen LogP contribution in [-0.2, 0) is 0 Å². The number of carbonyl (C=O) groups is 1. The number of urea groups is 1. The van der Waals surface area contributed by atoms with Crippen LogP contribution >= 0.6 is 0 Å². The molecule has 118 valence electrons. The molecule has 6 heteroatoms. The molecule has 0 atom stereocenters. The number of hydrogen-bond acceptors (Lipinski definition) is 4. The normalized spacial score (nSPS) is 11.6. The molecule has 0 heterocycles. The lowest BCUT2D eigenvalue weighted by molar-refractivity contribution is 0.0507. The van der Waals surface area contributed by atoms with Crippen molar-refractivity contribution in [2.75, 3.05) is 25.1 Å². The van der Waals surface area contributed by atoms with Crippen molar-refractivity contribution >= 4 is 11.7 Å². The third kappa shape index (κ3) is 4.17. The van der Waals surface area contributed by atoms with Gasteiger partial charge in [-0.2, -0.15) is 0 Å². The first-order chi connectivity index (χ1) is 9.89. The van der Waals surface area contributed by atoms with Crippen molar-refractivity contribution in [3.05, 3.63) is 29.3 Å². The van der Waals surface area contributed by atoms with Gasteiger partial charge in [0.15, 0.2) is 0 Å². The van der Waals surface area contributed by atoms with Crippen LogP contribution in [0.4, 0.5) is 10.5 Å². The second kappa shape index (κ2) is 7.40. The van der Waals surface area contributed by atoms with E-state index in [2.05, 4.69) is 10.6 Å². The summed E-state index contributed by atoms with van der Waals surface area (Å²) in [7, 11) is 0. The van der Waals surface area contributed by atoms with E-state index < -0.39 is 31.4 Å². The minimum absolute atomic E-state index is 0.235. The molecule has 0 radical (unpaired) electrons. The molecule has 0 spiro atoms. The molecule has 6 nitrogen and oxygen atoms in total. The molecule has 1 aromatic carbocycles. The van der Waals surface area contributed by atoms with Gasteiger partial charge in [0.2, 0.25) is 0 Å². The number of amides is 2. The summed E-state index contributed by atoms with van der Waals surface area (Å²) in [6.07, 6.45) is 0. The highest BCUT2D eigenvalue weighted by atomic mass is 16.3. The Morgan fingerprint density at radius 3 is 2.24 bits per heavy atom. The summed E-state index contributed by atoms with van der Waals surface area (Å²) in [5.74, 6) is 0.235. The van der Waals surface area contributed by atoms with Crippen molar-refractivity contribution in [2.24, 2.45) is 0 Å². The number of rotatable bonds is 6. The zero-order valence-electron chi connectivity index (χ0n) is 12.7. The smallest absolute Gasteiger partial charge is 0.319 e. The Morgan fingerprint density at radius 2 is 1.76 bits per heavy atom. The van der Waals surface area contributed by atoms with Gasteiger partial charge in [-0.15, -0.1) is 0 Å². The van der Waals surface area contributed by atoms with Crippen LogP contribution in [0.5, 0.6) is 0 Å². The first-order valence-corrected chi connectivity index (χ1v) is 6.90. The average molecular weight is 296 g/mol. The molecular weight excluding hydrogens is 272 g/mol. The lowest BCUT2D eigenvalue weighted by Crippen LogP contribution is -2.58. The van der Waals surface area contributed by atoms with Gasteiger partial charge in [-0.05, 0) is 24.0 Å². The zero-order valence-corrected chi connectivity index (χ0v) is 12.7. The highest BCUT2D eigenvalue weighted by Gasteiger charge is 2.30. The number of para-hydroxylation sites is 1. The van der Waals surface area contributed by atoms with Crippen molar-refractivity contribution in [1.29, 1.82) is 0 Å². The van der Waals surface area contributed by atoms with E-state index in [1.165, 1.54) is 0 Å². The number of carbonyl (C=O) groups excluding carboxylic acids is 1. The van der Waals surface area contributed by atoms with Gasteiger partial charge in [-0.3, -0.25) is 0 Å². The Balaban J connectivity index is 2.94. The minimum Gasteiger partial charge on any atom is -0.394 e. The molecule has 0 bridgehead atoms. The molecule has 5 N–H and O–H groups in total. The standard InChI is InChI=1S/C15H24N2O4/c1-10(2)12-6-4-5-11(3)13(12)16-14(21)17-15(7-18,8-19)9-20/h4-6,10,18-20H,7-9H2,1-3H3,(H2,16,17,21). The van der Waals surface area contributed by atoms with Crippen LogP contribution in [-0.4, -0.2) is 46.7 Å². The Labute approximate surface area is 124 Å². The first kappa shape index (κ1) is 17.4. The predicted molar refractivity (Wildman–Crippen MR) is 81.4 cm³/mol. The summed E-state index contributed by atoms with van der Waals surface area (Å²) >= 11 is 0. The molecule has 1 aromatic rings. The Kier molecular flexibility index (Phi) is 6.14. The van der Waals surface area contributed by atoms with Crippen LogP contribution in [0.3, 0.4) is 0 Å². The molecule has 0 aliphatic carbocycles. The highest BCUT2D eigenvalue weighted by Crippen LogP contribution is 2.27. The molecule has 0 unspecified atom stereocenters. The van der Waals surface area contributed by atoms with Crippen molar-refractivity contribution in [3.8, 4) is 0 Å². The van der Waals surface area contributed by atoms with E-state index in [-0.39, 0.29) is 5.92 Å². The Morgan fingerprint density at radius 1 is 1.19 bits per heavy atom. The van der Waals surface area contributed by atoms with Crippen LogP contribution < -0.4 is 10.6 Å². The van der Waals surface area contributed by atoms with Gasteiger partial charge < -0.3 is 26.0 Å². The predicted octanol–water partition coefficient (Wildman–Crippen LogP) is 0.956. The fraction of sp³-hybridized carbons (Fsp3) is 0.533. The number of aryl methyl sites for hydroxylation is 1. The van der Waals surface area contributed by atoms with E-state index in [9.17, 15) is 20.1 Å². The van der Waals surface area contributed by atoms with Crippen molar-refractivity contribution in [1.82, 2.24) is 5.32 Å². The first-order valence-electron chi connectivity index (χ1n) is 6.90. The molecule has 1 rings (SSSR count). The van der Waals surface area contributed by atoms with Crippen LogP contribution in [0.1, 0.15) is 30.9 Å². The van der Waals surface area contributed by atoms with Crippen LogP contribution in [0.2, 0.25) is 0 Å². The van der Waals surface area contributed by atoms with Crippen molar-refractivity contribution < 1.29 is 20.1 Å². The van der Waals surface area contributed by atoms with E-state index in [4.69, 9.17) is 0 Å². The summed E-state index contributed by atoms with van der Waals surface area (Å²) < 4.78 is 0. The van der Waals surface area contributed by atoms with Crippen LogP contribution in [0.25, 0.3) is 0 Å². The largest absolute Gasteiger partial charge is 0.394 e. The maximum atomic E-state index is 12.1. The number of benzene rings is 1. The van der Waals surface area contributed by atoms with Gasteiger partial charge in [0, 0.05) is 5.69 Å². The third-order valence-corrected chi connectivity index (χ3v) is 3.45. The molecule has 0 saturated carbocycles. The minimum atomic E-state index is -1.44. The lowest BCUT2D eigenvalue weighted by atomic mass is 9.98. The van der Waals surface area contributed by atoms with Crippen molar-refractivity contribution in [3.63, 3.8) is 0 Å². The molecule has 0 aliphatic rings. The summed E-state index contributed by atoms with van der Waals surface area (Å²) in [4.78, 5) is 12.1. The third-order valence-electron chi connectivity index (χ3n) is 3.45. The number of hydrogen-bond donors (Lipinski definition) is 5. The van der Waals surface area contributed by atoms with E-state index in [0.29, 0.717) is 5.69 Å². The summed E-state index contributed by atoms with van der Waals surface area (Å²) in [5, 5.41) is 32.8. The van der Waals surface area contributed by atoms with Crippen LogP contribution in [0.15, 0.2) is 18.2 Å². The number of aliphatic hydroxyl groups excluding tert-OH is 3. The molecule has 0 aliphatic heterocycles. The molecule has 2 amide bonds. The quantitative estimate of drug-likeness (QED) is 0.539. The van der Waals surface area contributed by atoms with Crippen LogP contribution in [0, 0.1) is 6.92 Å². The van der Waals surface area contributed by atoms with Gasteiger partial charge in [-0.1, -0.05) is 32.0 Å². The lowest BCUT2D eigenvalue weighted by Gasteiger charge is -2.29. The maximum absolute atomic E-state index is 12.1. The second-order valence-corrected chi connectivity index (χ2v) is 5.53. The second-order valence-electron chi connectivity index (χ2n) is 5.53. The van der Waals surface area contributed by atoms with Crippen molar-refractivity contribution in [2.45, 2.75) is 32.2 Å². The van der Waals surface area contributed by atoms with Gasteiger partial charge in [0.05, 0.1) is 19.8 Å². The summed E-state index contributed by atoms with van der Waals surface area (Å²) in [6, 6.07) is 5.17. The monoisotopic (exact) mass is 296 g/mol. The number of aliphatic hydroxyl groups is 3. The molecule has 0 aromatic heterocycles. The average Bonchev–Trinajstić information content (AvgIpc) is 2.46. The maximum Gasteiger partial charge on any atom is 0.319 e. The molecule has 21 heavy (non-hydrogen) atoms. The Hall–Kier alpha value is -1.63. The molecule has 0 fully saturated rings. The Bertz CT molecular complexity index is 476. The molecular formula is C15H24N2O4. The van der Waals surface area contributed by atoms with E-state index >= 15 is 0 Å². The SMILES string of the molecule is Cc1cccc(C(C)C)c1NC(=O)NC(CO)(CO)CO. The fourth-order valence-corrected chi connectivity index (χ4v) is 2.00. The summed E-state index contributed by atoms with van der Waals surface area (Å²) in [5.41, 5.74) is 1.17. The topological polar surface area (TPSA) is 102 Å². The number of nitrogens with one attached hydrogen (secondary N) is 2. The van der Waals surface area contributed by atoms with Gasteiger partial charge in [0.1, 0.15) is 5.54 Å². The van der Waals surface area contributed by atoms with E-state index in [1.807, 2.05) is 39.0 Å². The molecule has 0 saturated heterocycles. The van der Waals surface area contributed by atoms with E-state index in [1.54, 1.807) is 0 Å². The van der Waals surface area contributed by atoms with Gasteiger partial charge in [0.25, 0.3) is 0 Å². The zero-order chi connectivity index (χ0) is 16.0. The summed E-state index contributed by atoms with van der Waals surface area (Å²) in [6.45, 7) is 4.27. The highest BCUT2D eigenvalue weighted by molar-refractivity contribution is 5.91. The number of anilines is 1. The van der Waals surface area contributed by atoms with Gasteiger partial charge in [-0.25, -0.2) is 4.79 Å². The fourth-order valence-electron chi connectivity index (χ4n) is 2.00.